The predicted molar refractivity (Wildman–Crippen MR) is 61.1 cm³/mol. The molecule has 3 heterocycles. The molecule has 1 aliphatic heterocycles. The summed E-state index contributed by atoms with van der Waals surface area (Å²) in [6.45, 7) is 0.553. The highest BCUT2D eigenvalue weighted by Crippen LogP contribution is 2.25. The molecule has 0 unspecified atom stereocenters. The number of pyridine rings is 2. The summed E-state index contributed by atoms with van der Waals surface area (Å²) in [6, 6.07) is 5.66. The first-order valence-corrected chi connectivity index (χ1v) is 4.99. The summed E-state index contributed by atoms with van der Waals surface area (Å²) in [6.07, 6.45) is 5.12. The number of rotatable bonds is 1. The van der Waals surface area contributed by atoms with Gasteiger partial charge in [-0.1, -0.05) is 0 Å². The summed E-state index contributed by atoms with van der Waals surface area (Å²) < 4.78 is 0. The van der Waals surface area contributed by atoms with Crippen LogP contribution in [-0.2, 0) is 6.54 Å². The molecule has 5 heteroatoms. The summed E-state index contributed by atoms with van der Waals surface area (Å²) in [7, 11) is 0. The highest BCUT2D eigenvalue weighted by molar-refractivity contribution is 5.63. The van der Waals surface area contributed by atoms with Gasteiger partial charge in [-0.3, -0.25) is 20.2 Å². The highest BCUT2D eigenvalue weighted by Gasteiger charge is 2.20. The third-order valence-electron chi connectivity index (χ3n) is 2.59. The molecule has 0 radical (unpaired) electrons. The number of H-pyrrole nitrogens is 1. The molecule has 0 atom stereocenters. The molecule has 0 aromatic carbocycles. The minimum absolute atomic E-state index is 0.0450. The average Bonchev–Trinajstić information content (AvgIpc) is 2.76. The Kier molecular flexibility index (Phi) is 1.89. The average molecular weight is 214 g/mol. The van der Waals surface area contributed by atoms with Crippen molar-refractivity contribution in [1.29, 1.82) is 0 Å². The van der Waals surface area contributed by atoms with Crippen LogP contribution < -0.4 is 16.0 Å². The zero-order chi connectivity index (χ0) is 11.0. The molecule has 3 rings (SSSR count). The van der Waals surface area contributed by atoms with E-state index >= 15 is 0 Å². The van der Waals surface area contributed by atoms with Gasteiger partial charge < -0.3 is 4.98 Å². The van der Waals surface area contributed by atoms with Crippen molar-refractivity contribution in [3.63, 3.8) is 0 Å². The van der Waals surface area contributed by atoms with Gasteiger partial charge in [0.2, 0.25) is 0 Å². The van der Waals surface area contributed by atoms with E-state index in [0.29, 0.717) is 6.54 Å². The SMILES string of the molecule is O=c1[nH]ccc2c1CN(c1cccnc1)N2. The van der Waals surface area contributed by atoms with E-state index in [-0.39, 0.29) is 5.56 Å². The van der Waals surface area contributed by atoms with Crippen molar-refractivity contribution in [2.24, 2.45) is 0 Å². The van der Waals surface area contributed by atoms with Gasteiger partial charge >= 0.3 is 0 Å². The molecule has 1 aliphatic rings. The van der Waals surface area contributed by atoms with Gasteiger partial charge in [-0.25, -0.2) is 0 Å². The van der Waals surface area contributed by atoms with Crippen molar-refractivity contribution < 1.29 is 0 Å². The summed E-state index contributed by atoms with van der Waals surface area (Å²) in [5, 5.41) is 1.90. The van der Waals surface area contributed by atoms with Gasteiger partial charge in [0, 0.05) is 12.4 Å². The summed E-state index contributed by atoms with van der Waals surface area (Å²) in [4.78, 5) is 18.3. The van der Waals surface area contributed by atoms with Crippen molar-refractivity contribution >= 4 is 11.4 Å². The maximum atomic E-state index is 11.6. The Morgan fingerprint density at radius 2 is 2.31 bits per heavy atom. The maximum absolute atomic E-state index is 11.6. The lowest BCUT2D eigenvalue weighted by Crippen LogP contribution is -2.23. The van der Waals surface area contributed by atoms with Gasteiger partial charge in [0.1, 0.15) is 0 Å². The van der Waals surface area contributed by atoms with Crippen molar-refractivity contribution in [2.75, 3.05) is 10.4 Å². The number of hydrazine groups is 1. The number of hydrogen-bond donors (Lipinski definition) is 2. The molecule has 0 saturated carbocycles. The first-order chi connectivity index (χ1) is 7.84. The van der Waals surface area contributed by atoms with Crippen LogP contribution in [0.4, 0.5) is 11.4 Å². The van der Waals surface area contributed by atoms with Crippen LogP contribution in [0.5, 0.6) is 0 Å². The quantitative estimate of drug-likeness (QED) is 0.746. The van der Waals surface area contributed by atoms with Crippen LogP contribution in [0.2, 0.25) is 0 Å². The van der Waals surface area contributed by atoms with Crippen LogP contribution in [0.25, 0.3) is 0 Å². The Balaban J connectivity index is 1.97. The van der Waals surface area contributed by atoms with E-state index in [1.54, 1.807) is 18.6 Å². The fourth-order valence-electron chi connectivity index (χ4n) is 1.78. The summed E-state index contributed by atoms with van der Waals surface area (Å²) >= 11 is 0. The molecule has 16 heavy (non-hydrogen) atoms. The molecular formula is C11H10N4O. The number of aromatic nitrogens is 2. The van der Waals surface area contributed by atoms with Crippen molar-refractivity contribution in [1.82, 2.24) is 9.97 Å². The molecule has 80 valence electrons. The fraction of sp³-hybridized carbons (Fsp3) is 0.0909. The van der Waals surface area contributed by atoms with Crippen LogP contribution in [-0.4, -0.2) is 9.97 Å². The van der Waals surface area contributed by atoms with Crippen molar-refractivity contribution in [3.05, 3.63) is 52.7 Å². The Labute approximate surface area is 91.7 Å². The minimum Gasteiger partial charge on any atom is -0.329 e. The zero-order valence-electron chi connectivity index (χ0n) is 8.47. The topological polar surface area (TPSA) is 61.0 Å². The number of hydrogen-bond acceptors (Lipinski definition) is 4. The monoisotopic (exact) mass is 214 g/mol. The van der Waals surface area contributed by atoms with E-state index in [9.17, 15) is 4.79 Å². The first-order valence-electron chi connectivity index (χ1n) is 4.99. The van der Waals surface area contributed by atoms with Gasteiger partial charge in [0.05, 0.1) is 29.7 Å². The molecule has 2 aromatic rings. The molecule has 0 fully saturated rings. The molecule has 0 saturated heterocycles. The van der Waals surface area contributed by atoms with Crippen molar-refractivity contribution in [3.8, 4) is 0 Å². The molecule has 2 N–H and O–H groups in total. The summed E-state index contributed by atoms with van der Waals surface area (Å²) in [5.41, 5.74) is 5.67. The second-order valence-electron chi connectivity index (χ2n) is 3.61. The summed E-state index contributed by atoms with van der Waals surface area (Å²) in [5.74, 6) is 0. The van der Waals surface area contributed by atoms with Gasteiger partial charge in [0.25, 0.3) is 5.56 Å². The number of anilines is 2. The molecule has 0 spiro atoms. The normalized spacial score (nSPS) is 13.4. The molecule has 2 aromatic heterocycles. The number of aromatic amines is 1. The number of nitrogens with one attached hydrogen (secondary N) is 2. The standard InChI is InChI=1S/C11H10N4O/c16-11-9-7-15(8-2-1-4-12-6-8)14-10(9)3-5-13-11/h1-6,14H,7H2,(H,13,16). The Hall–Kier alpha value is -2.30. The Bertz CT molecular complexity index is 564. The van der Waals surface area contributed by atoms with E-state index in [1.807, 2.05) is 23.2 Å². The van der Waals surface area contributed by atoms with E-state index in [1.165, 1.54) is 0 Å². The molecular weight excluding hydrogens is 204 g/mol. The van der Waals surface area contributed by atoms with E-state index in [0.717, 1.165) is 16.9 Å². The third-order valence-corrected chi connectivity index (χ3v) is 2.59. The van der Waals surface area contributed by atoms with Crippen LogP contribution in [0.3, 0.4) is 0 Å². The molecule has 0 bridgehead atoms. The second kappa shape index (κ2) is 3.37. The minimum atomic E-state index is -0.0450. The van der Waals surface area contributed by atoms with E-state index in [4.69, 9.17) is 0 Å². The lowest BCUT2D eigenvalue weighted by atomic mass is 10.2. The Morgan fingerprint density at radius 1 is 1.38 bits per heavy atom. The second-order valence-corrected chi connectivity index (χ2v) is 3.61. The van der Waals surface area contributed by atoms with Crippen LogP contribution in [0.1, 0.15) is 5.56 Å². The molecule has 0 aliphatic carbocycles. The predicted octanol–water partition coefficient (Wildman–Crippen LogP) is 1.12. The number of nitrogens with zero attached hydrogens (tertiary/aromatic N) is 2. The first kappa shape index (κ1) is 8.96. The van der Waals surface area contributed by atoms with E-state index in [2.05, 4.69) is 15.4 Å². The lowest BCUT2D eigenvalue weighted by Gasteiger charge is -2.17. The van der Waals surface area contributed by atoms with E-state index < -0.39 is 0 Å². The van der Waals surface area contributed by atoms with Gasteiger partial charge in [0.15, 0.2) is 0 Å². The van der Waals surface area contributed by atoms with Crippen LogP contribution in [0, 0.1) is 0 Å². The molecule has 5 nitrogen and oxygen atoms in total. The fourth-order valence-corrected chi connectivity index (χ4v) is 1.78. The molecule has 0 amide bonds. The van der Waals surface area contributed by atoms with Crippen LogP contribution in [0.15, 0.2) is 41.6 Å². The largest absolute Gasteiger partial charge is 0.329 e. The Morgan fingerprint density at radius 3 is 3.06 bits per heavy atom. The van der Waals surface area contributed by atoms with Crippen LogP contribution >= 0.6 is 0 Å². The van der Waals surface area contributed by atoms with Gasteiger partial charge in [-0.15, -0.1) is 0 Å². The van der Waals surface area contributed by atoms with Crippen molar-refractivity contribution in [2.45, 2.75) is 6.54 Å². The maximum Gasteiger partial charge on any atom is 0.255 e. The third kappa shape index (κ3) is 1.33. The smallest absolute Gasteiger partial charge is 0.255 e. The van der Waals surface area contributed by atoms with Gasteiger partial charge in [-0.05, 0) is 18.2 Å². The lowest BCUT2D eigenvalue weighted by molar-refractivity contribution is 0.950. The highest BCUT2D eigenvalue weighted by atomic mass is 16.1. The number of fused-ring (bicyclic) bond motifs is 1. The van der Waals surface area contributed by atoms with Gasteiger partial charge in [-0.2, -0.15) is 0 Å². The zero-order valence-corrected chi connectivity index (χ0v) is 8.47.